The second-order valence-corrected chi connectivity index (χ2v) is 3.27. The molecule has 0 radical (unpaired) electrons. The smallest absolute Gasteiger partial charge is 0.335 e. The zero-order valence-corrected chi connectivity index (χ0v) is 8.71. The molecule has 0 atom stereocenters. The summed E-state index contributed by atoms with van der Waals surface area (Å²) in [5, 5.41) is 8.78. The van der Waals surface area contributed by atoms with Crippen molar-refractivity contribution in [3.05, 3.63) is 29.3 Å². The molecule has 1 aromatic rings. The number of benzene rings is 1. The number of anilines is 1. The third-order valence-corrected chi connectivity index (χ3v) is 1.84. The molecule has 0 heterocycles. The van der Waals surface area contributed by atoms with Crippen LogP contribution in [0.3, 0.4) is 0 Å². The molecule has 0 saturated carbocycles. The Labute approximate surface area is 92.9 Å². The largest absolute Gasteiger partial charge is 0.478 e. The predicted octanol–water partition coefficient (Wildman–Crippen LogP) is 1.95. The second-order valence-electron chi connectivity index (χ2n) is 2.89. The van der Waals surface area contributed by atoms with E-state index in [1.54, 1.807) is 6.07 Å². The van der Waals surface area contributed by atoms with Crippen molar-refractivity contribution in [3.63, 3.8) is 0 Å². The van der Waals surface area contributed by atoms with Gasteiger partial charge in [0.25, 0.3) is 0 Å². The van der Waals surface area contributed by atoms with Crippen molar-refractivity contribution >= 4 is 23.3 Å². The zero-order valence-electron chi connectivity index (χ0n) is 7.96. The number of nitrogens with two attached hydrogens (primary N) is 1. The molecule has 3 N–H and O–H groups in total. The summed E-state index contributed by atoms with van der Waals surface area (Å²) in [6, 6.07) is 4.52. The highest BCUT2D eigenvalue weighted by Gasteiger charge is 2.04. The van der Waals surface area contributed by atoms with Crippen LogP contribution in [0.1, 0.15) is 22.3 Å². The van der Waals surface area contributed by atoms with E-state index in [1.165, 1.54) is 12.1 Å². The van der Waals surface area contributed by atoms with Crippen LogP contribution in [0.2, 0.25) is 0 Å². The highest BCUT2D eigenvalue weighted by Crippen LogP contribution is 2.11. The lowest BCUT2D eigenvalue weighted by Crippen LogP contribution is -1.98. The molecule has 78 valence electrons. The van der Waals surface area contributed by atoms with Crippen LogP contribution in [-0.4, -0.2) is 17.0 Å². The molecule has 0 saturated heterocycles. The normalized spacial score (nSPS) is 9.13. The van der Waals surface area contributed by atoms with E-state index in [4.69, 9.17) is 22.4 Å². The van der Waals surface area contributed by atoms with E-state index >= 15 is 0 Å². The fraction of sp³-hybridized carbons (Fsp3) is 0.182. The minimum Gasteiger partial charge on any atom is -0.478 e. The van der Waals surface area contributed by atoms with E-state index in [0.717, 1.165) is 0 Å². The number of carboxylic acids is 1. The van der Waals surface area contributed by atoms with Gasteiger partial charge in [-0.25, -0.2) is 4.79 Å². The van der Waals surface area contributed by atoms with Crippen molar-refractivity contribution in [2.24, 2.45) is 0 Å². The topological polar surface area (TPSA) is 63.3 Å². The van der Waals surface area contributed by atoms with Gasteiger partial charge in [0.15, 0.2) is 0 Å². The number of rotatable bonds is 2. The lowest BCUT2D eigenvalue weighted by atomic mass is 10.1. The van der Waals surface area contributed by atoms with Gasteiger partial charge >= 0.3 is 5.97 Å². The standard InChI is InChI=1S/C11H10ClNO2/c12-4-2-1-3-8-5-9(11(14)15)7-10(13)6-8/h5-7H,2,4,13H2,(H,14,15). The maximum atomic E-state index is 10.7. The molecule has 15 heavy (non-hydrogen) atoms. The summed E-state index contributed by atoms with van der Waals surface area (Å²) < 4.78 is 0. The maximum absolute atomic E-state index is 10.7. The summed E-state index contributed by atoms with van der Waals surface area (Å²) in [5.41, 5.74) is 6.68. The number of alkyl halides is 1. The first kappa shape index (κ1) is 11.4. The molecule has 4 heteroatoms. The van der Waals surface area contributed by atoms with Crippen LogP contribution in [-0.2, 0) is 0 Å². The predicted molar refractivity (Wildman–Crippen MR) is 60.0 cm³/mol. The SMILES string of the molecule is Nc1cc(C#CCCCl)cc(C(=O)O)c1. The van der Waals surface area contributed by atoms with Crippen molar-refractivity contribution in [2.75, 3.05) is 11.6 Å². The average molecular weight is 224 g/mol. The lowest BCUT2D eigenvalue weighted by molar-refractivity contribution is 0.0697. The van der Waals surface area contributed by atoms with Gasteiger partial charge in [-0.05, 0) is 18.2 Å². The maximum Gasteiger partial charge on any atom is 0.335 e. The summed E-state index contributed by atoms with van der Waals surface area (Å²) in [4.78, 5) is 10.7. The summed E-state index contributed by atoms with van der Waals surface area (Å²) in [7, 11) is 0. The molecule has 0 aliphatic rings. The minimum atomic E-state index is -1.01. The number of carboxylic acid groups (broad SMARTS) is 1. The summed E-state index contributed by atoms with van der Waals surface area (Å²) in [6.45, 7) is 0. The summed E-state index contributed by atoms with van der Waals surface area (Å²) in [6.07, 6.45) is 0.568. The highest BCUT2D eigenvalue weighted by atomic mass is 35.5. The minimum absolute atomic E-state index is 0.144. The van der Waals surface area contributed by atoms with Gasteiger partial charge in [0.2, 0.25) is 0 Å². The molecule has 0 amide bonds. The van der Waals surface area contributed by atoms with Gasteiger partial charge in [0.1, 0.15) is 0 Å². The molecule has 1 rings (SSSR count). The molecule has 0 aromatic heterocycles. The van der Waals surface area contributed by atoms with Gasteiger partial charge in [-0.1, -0.05) is 11.8 Å². The number of carbonyl (C=O) groups is 1. The Morgan fingerprint density at radius 1 is 1.47 bits per heavy atom. The Morgan fingerprint density at radius 3 is 2.80 bits per heavy atom. The number of hydrogen-bond acceptors (Lipinski definition) is 2. The first-order chi connectivity index (χ1) is 7.13. The molecule has 0 bridgehead atoms. The van der Waals surface area contributed by atoms with Crippen molar-refractivity contribution in [1.29, 1.82) is 0 Å². The summed E-state index contributed by atoms with van der Waals surface area (Å²) >= 11 is 5.46. The molecule has 0 aliphatic heterocycles. The van der Waals surface area contributed by atoms with E-state index in [0.29, 0.717) is 23.6 Å². The molecule has 0 unspecified atom stereocenters. The van der Waals surface area contributed by atoms with Crippen LogP contribution in [0, 0.1) is 11.8 Å². The average Bonchev–Trinajstić information content (AvgIpc) is 2.17. The number of aromatic carboxylic acids is 1. The fourth-order valence-electron chi connectivity index (χ4n) is 1.06. The first-order valence-corrected chi connectivity index (χ1v) is 4.85. The number of hydrogen-bond donors (Lipinski definition) is 2. The van der Waals surface area contributed by atoms with Crippen molar-refractivity contribution < 1.29 is 9.90 Å². The van der Waals surface area contributed by atoms with Gasteiger partial charge in [-0.2, -0.15) is 0 Å². The van der Waals surface area contributed by atoms with E-state index in [2.05, 4.69) is 11.8 Å². The van der Waals surface area contributed by atoms with Crippen LogP contribution in [0.25, 0.3) is 0 Å². The third kappa shape index (κ3) is 3.53. The van der Waals surface area contributed by atoms with Crippen molar-refractivity contribution in [2.45, 2.75) is 6.42 Å². The Hall–Kier alpha value is -1.66. The van der Waals surface area contributed by atoms with Gasteiger partial charge in [0.05, 0.1) is 5.56 Å². The first-order valence-electron chi connectivity index (χ1n) is 4.32. The lowest BCUT2D eigenvalue weighted by Gasteiger charge is -1.98. The summed E-state index contributed by atoms with van der Waals surface area (Å²) in [5.74, 6) is 5.07. The van der Waals surface area contributed by atoms with Crippen LogP contribution < -0.4 is 5.73 Å². The van der Waals surface area contributed by atoms with E-state index < -0.39 is 5.97 Å². The fourth-order valence-corrected chi connectivity index (χ4v) is 1.15. The molecular weight excluding hydrogens is 214 g/mol. The number of nitrogen functional groups attached to an aromatic ring is 1. The van der Waals surface area contributed by atoms with E-state index in [1.807, 2.05) is 0 Å². The van der Waals surface area contributed by atoms with Gasteiger partial charge in [-0.15, -0.1) is 11.6 Å². The number of halogens is 1. The molecule has 0 spiro atoms. The molecular formula is C11H10ClNO2. The Balaban J connectivity index is 3.00. The Kier molecular flexibility index (Phi) is 4.02. The Morgan fingerprint density at radius 2 is 2.20 bits per heavy atom. The second kappa shape index (κ2) is 5.28. The van der Waals surface area contributed by atoms with E-state index in [9.17, 15) is 4.79 Å². The third-order valence-electron chi connectivity index (χ3n) is 1.65. The van der Waals surface area contributed by atoms with Gasteiger partial charge in [0, 0.05) is 23.6 Å². The van der Waals surface area contributed by atoms with Crippen LogP contribution >= 0.6 is 11.6 Å². The highest BCUT2D eigenvalue weighted by molar-refractivity contribution is 6.18. The molecule has 3 nitrogen and oxygen atoms in total. The monoisotopic (exact) mass is 223 g/mol. The molecule has 0 aliphatic carbocycles. The molecule has 0 fully saturated rings. The molecule has 1 aromatic carbocycles. The van der Waals surface area contributed by atoms with Crippen LogP contribution in [0.5, 0.6) is 0 Å². The van der Waals surface area contributed by atoms with E-state index in [-0.39, 0.29) is 5.56 Å². The van der Waals surface area contributed by atoms with Crippen LogP contribution in [0.15, 0.2) is 18.2 Å². The zero-order chi connectivity index (χ0) is 11.3. The van der Waals surface area contributed by atoms with Gasteiger partial charge < -0.3 is 10.8 Å². The Bertz CT molecular complexity index is 432. The van der Waals surface area contributed by atoms with Crippen molar-refractivity contribution in [1.82, 2.24) is 0 Å². The quantitative estimate of drug-likeness (QED) is 0.458. The van der Waals surface area contributed by atoms with Gasteiger partial charge in [-0.3, -0.25) is 0 Å². The van der Waals surface area contributed by atoms with Crippen LogP contribution in [0.4, 0.5) is 5.69 Å². The van der Waals surface area contributed by atoms with Crippen molar-refractivity contribution in [3.8, 4) is 11.8 Å².